The van der Waals surface area contributed by atoms with Crippen molar-refractivity contribution >= 4 is 27.5 Å². The smallest absolute Gasteiger partial charge is 0.335 e. The third kappa shape index (κ3) is 2.62. The highest BCUT2D eigenvalue weighted by atomic mass is 32.1. The summed E-state index contributed by atoms with van der Waals surface area (Å²) in [6.45, 7) is 0.407. The number of benzene rings is 2. The first-order valence-electron chi connectivity index (χ1n) is 6.01. The van der Waals surface area contributed by atoms with Gasteiger partial charge in [-0.05, 0) is 35.9 Å². The number of carboxylic acids is 1. The van der Waals surface area contributed by atoms with Crippen LogP contribution in [0.25, 0.3) is 10.2 Å². The van der Waals surface area contributed by atoms with Crippen LogP contribution < -0.4 is 4.74 Å². The molecule has 5 heteroatoms. The van der Waals surface area contributed by atoms with Gasteiger partial charge in [0, 0.05) is 0 Å². The minimum Gasteiger partial charge on any atom is -0.489 e. The van der Waals surface area contributed by atoms with Gasteiger partial charge in [0.1, 0.15) is 12.4 Å². The van der Waals surface area contributed by atoms with Crippen LogP contribution in [-0.2, 0) is 6.61 Å². The quantitative estimate of drug-likeness (QED) is 0.796. The number of thiazole rings is 1. The monoisotopic (exact) mass is 285 g/mol. The predicted octanol–water partition coefficient (Wildman–Crippen LogP) is 3.57. The van der Waals surface area contributed by atoms with Crippen molar-refractivity contribution in [2.75, 3.05) is 0 Å². The van der Waals surface area contributed by atoms with Crippen molar-refractivity contribution in [3.8, 4) is 5.75 Å². The molecule has 3 rings (SSSR count). The van der Waals surface area contributed by atoms with E-state index in [0.29, 0.717) is 6.61 Å². The number of carbonyl (C=O) groups is 1. The van der Waals surface area contributed by atoms with Gasteiger partial charge in [0.05, 0.1) is 21.3 Å². The number of aromatic carboxylic acids is 1. The zero-order chi connectivity index (χ0) is 13.9. The molecule has 100 valence electrons. The third-order valence-electron chi connectivity index (χ3n) is 2.91. The Morgan fingerprint density at radius 2 is 2.00 bits per heavy atom. The lowest BCUT2D eigenvalue weighted by Crippen LogP contribution is -1.98. The van der Waals surface area contributed by atoms with Gasteiger partial charge in [-0.25, -0.2) is 9.78 Å². The maximum Gasteiger partial charge on any atom is 0.335 e. The van der Waals surface area contributed by atoms with E-state index in [4.69, 9.17) is 9.84 Å². The van der Waals surface area contributed by atoms with Gasteiger partial charge in [0.2, 0.25) is 0 Å². The lowest BCUT2D eigenvalue weighted by Gasteiger charge is -2.06. The molecule has 1 heterocycles. The third-order valence-corrected chi connectivity index (χ3v) is 3.70. The molecule has 0 spiro atoms. The molecule has 0 fully saturated rings. The van der Waals surface area contributed by atoms with E-state index in [1.807, 2.05) is 18.2 Å². The average molecular weight is 285 g/mol. The van der Waals surface area contributed by atoms with Crippen molar-refractivity contribution < 1.29 is 14.6 Å². The Bertz CT molecular complexity index is 749. The normalized spacial score (nSPS) is 10.6. The molecule has 1 aromatic heterocycles. The summed E-state index contributed by atoms with van der Waals surface area (Å²) in [6.07, 6.45) is 0. The lowest BCUT2D eigenvalue weighted by molar-refractivity contribution is 0.0697. The van der Waals surface area contributed by atoms with E-state index < -0.39 is 5.97 Å². The van der Waals surface area contributed by atoms with Gasteiger partial charge in [0.25, 0.3) is 0 Å². The SMILES string of the molecule is O=C(O)c1ccc(COc2ccc3ncsc3c2)cc1. The fraction of sp³-hybridized carbons (Fsp3) is 0.0667. The van der Waals surface area contributed by atoms with Gasteiger partial charge in [-0.15, -0.1) is 11.3 Å². The second kappa shape index (κ2) is 5.30. The summed E-state index contributed by atoms with van der Waals surface area (Å²) in [5, 5.41) is 8.83. The van der Waals surface area contributed by atoms with Crippen molar-refractivity contribution in [3.63, 3.8) is 0 Å². The highest BCUT2D eigenvalue weighted by Gasteiger charge is 2.03. The first-order valence-corrected chi connectivity index (χ1v) is 6.88. The summed E-state index contributed by atoms with van der Waals surface area (Å²) in [5.74, 6) is -0.142. The largest absolute Gasteiger partial charge is 0.489 e. The Morgan fingerprint density at radius 1 is 1.20 bits per heavy atom. The first kappa shape index (κ1) is 12.6. The molecule has 0 unspecified atom stereocenters. The zero-order valence-corrected chi connectivity index (χ0v) is 11.3. The molecular formula is C15H11NO3S. The Kier molecular flexibility index (Phi) is 3.35. The van der Waals surface area contributed by atoms with Crippen LogP contribution in [0.15, 0.2) is 48.0 Å². The molecule has 0 aliphatic rings. The number of ether oxygens (including phenoxy) is 1. The highest BCUT2D eigenvalue weighted by Crippen LogP contribution is 2.23. The van der Waals surface area contributed by atoms with Crippen LogP contribution in [0.4, 0.5) is 0 Å². The Morgan fingerprint density at radius 3 is 2.75 bits per heavy atom. The van der Waals surface area contributed by atoms with E-state index in [-0.39, 0.29) is 5.56 Å². The highest BCUT2D eigenvalue weighted by molar-refractivity contribution is 7.16. The Hall–Kier alpha value is -2.40. The summed E-state index contributed by atoms with van der Waals surface area (Å²) in [7, 11) is 0. The molecule has 0 amide bonds. The van der Waals surface area contributed by atoms with E-state index in [1.54, 1.807) is 41.1 Å². The number of carboxylic acid groups (broad SMARTS) is 1. The minimum atomic E-state index is -0.923. The summed E-state index contributed by atoms with van der Waals surface area (Å²) in [4.78, 5) is 15.0. The number of fused-ring (bicyclic) bond motifs is 1. The van der Waals surface area contributed by atoms with Gasteiger partial charge < -0.3 is 9.84 Å². The Labute approximate surface area is 119 Å². The van der Waals surface area contributed by atoms with Crippen LogP contribution in [0.5, 0.6) is 5.75 Å². The van der Waals surface area contributed by atoms with Crippen LogP contribution in [0.1, 0.15) is 15.9 Å². The van der Waals surface area contributed by atoms with E-state index in [2.05, 4.69) is 4.98 Å². The van der Waals surface area contributed by atoms with Gasteiger partial charge >= 0.3 is 5.97 Å². The van der Waals surface area contributed by atoms with Crippen LogP contribution in [0.2, 0.25) is 0 Å². The molecule has 4 nitrogen and oxygen atoms in total. The van der Waals surface area contributed by atoms with Gasteiger partial charge in [-0.2, -0.15) is 0 Å². The predicted molar refractivity (Wildman–Crippen MR) is 77.4 cm³/mol. The number of rotatable bonds is 4. The van der Waals surface area contributed by atoms with Crippen LogP contribution in [0.3, 0.4) is 0 Å². The first-order chi connectivity index (χ1) is 9.72. The van der Waals surface area contributed by atoms with E-state index in [9.17, 15) is 4.79 Å². The summed E-state index contributed by atoms with van der Waals surface area (Å²) in [6, 6.07) is 12.4. The lowest BCUT2D eigenvalue weighted by atomic mass is 10.1. The molecule has 3 aromatic rings. The van der Waals surface area contributed by atoms with E-state index in [1.165, 1.54) is 0 Å². The zero-order valence-electron chi connectivity index (χ0n) is 10.4. The number of nitrogens with zero attached hydrogens (tertiary/aromatic N) is 1. The van der Waals surface area contributed by atoms with E-state index >= 15 is 0 Å². The maximum atomic E-state index is 10.8. The maximum absolute atomic E-state index is 10.8. The molecule has 0 aliphatic carbocycles. The topological polar surface area (TPSA) is 59.4 Å². The van der Waals surface area contributed by atoms with Crippen LogP contribution >= 0.6 is 11.3 Å². The minimum absolute atomic E-state index is 0.278. The Balaban J connectivity index is 1.70. The molecule has 20 heavy (non-hydrogen) atoms. The number of hydrogen-bond donors (Lipinski definition) is 1. The summed E-state index contributed by atoms with van der Waals surface area (Å²) in [5.41, 5.74) is 3.98. The van der Waals surface area contributed by atoms with Crippen molar-refractivity contribution in [3.05, 3.63) is 59.1 Å². The second-order valence-corrected chi connectivity index (χ2v) is 5.16. The van der Waals surface area contributed by atoms with E-state index in [0.717, 1.165) is 21.5 Å². The van der Waals surface area contributed by atoms with Gasteiger partial charge in [0.15, 0.2) is 0 Å². The van der Waals surface area contributed by atoms with Crippen molar-refractivity contribution in [2.24, 2.45) is 0 Å². The van der Waals surface area contributed by atoms with Gasteiger partial charge in [-0.3, -0.25) is 0 Å². The average Bonchev–Trinajstić information content (AvgIpc) is 2.93. The van der Waals surface area contributed by atoms with Crippen molar-refractivity contribution in [2.45, 2.75) is 6.61 Å². The number of aromatic nitrogens is 1. The fourth-order valence-electron chi connectivity index (χ4n) is 1.84. The second-order valence-electron chi connectivity index (χ2n) is 4.27. The fourth-order valence-corrected chi connectivity index (χ4v) is 2.54. The van der Waals surface area contributed by atoms with Gasteiger partial charge in [-0.1, -0.05) is 12.1 Å². The molecule has 2 aromatic carbocycles. The molecule has 0 radical (unpaired) electrons. The molecule has 0 aliphatic heterocycles. The van der Waals surface area contributed by atoms with Crippen LogP contribution in [0, 0.1) is 0 Å². The molecule has 0 saturated carbocycles. The molecule has 1 N–H and O–H groups in total. The van der Waals surface area contributed by atoms with Crippen molar-refractivity contribution in [1.29, 1.82) is 0 Å². The molecule has 0 saturated heterocycles. The standard InChI is InChI=1S/C15H11NO3S/c17-15(18)11-3-1-10(2-4-11)8-19-12-5-6-13-14(7-12)20-9-16-13/h1-7,9H,8H2,(H,17,18). The molecule has 0 atom stereocenters. The van der Waals surface area contributed by atoms with Crippen LogP contribution in [-0.4, -0.2) is 16.1 Å². The number of hydrogen-bond acceptors (Lipinski definition) is 4. The van der Waals surface area contributed by atoms with Crippen molar-refractivity contribution in [1.82, 2.24) is 4.98 Å². The molecular weight excluding hydrogens is 274 g/mol. The summed E-state index contributed by atoms with van der Waals surface area (Å²) < 4.78 is 6.79. The summed E-state index contributed by atoms with van der Waals surface area (Å²) >= 11 is 1.57. The molecule has 0 bridgehead atoms.